The molecule has 1 saturated heterocycles. The zero-order chi connectivity index (χ0) is 17.9. The molecule has 0 unspecified atom stereocenters. The molecule has 24 heavy (non-hydrogen) atoms. The Morgan fingerprint density at radius 1 is 1.21 bits per heavy atom. The molecule has 2 N–H and O–H groups in total. The summed E-state index contributed by atoms with van der Waals surface area (Å²) in [5.41, 5.74) is -1.09. The van der Waals surface area contributed by atoms with Gasteiger partial charge in [0.2, 0.25) is 5.91 Å². The van der Waals surface area contributed by atoms with Gasteiger partial charge in [0.1, 0.15) is 0 Å². The number of piperazine rings is 1. The van der Waals surface area contributed by atoms with Gasteiger partial charge in [-0.05, 0) is 19.1 Å². The molecule has 0 saturated carbocycles. The van der Waals surface area contributed by atoms with Gasteiger partial charge in [-0.25, -0.2) is 0 Å². The van der Waals surface area contributed by atoms with Crippen molar-refractivity contribution in [1.29, 1.82) is 0 Å². The first-order valence-electron chi connectivity index (χ1n) is 7.77. The van der Waals surface area contributed by atoms with Crippen LogP contribution >= 0.6 is 0 Å². The van der Waals surface area contributed by atoms with Crippen LogP contribution in [0.2, 0.25) is 0 Å². The second-order valence-corrected chi connectivity index (χ2v) is 5.92. The molecule has 2 amide bonds. The summed E-state index contributed by atoms with van der Waals surface area (Å²) in [6.07, 6.45) is -4.52. The van der Waals surface area contributed by atoms with Crippen LogP contribution in [0.5, 0.6) is 0 Å². The summed E-state index contributed by atoms with van der Waals surface area (Å²) in [7, 11) is 0. The molecule has 1 aromatic carbocycles. The number of benzene rings is 1. The fourth-order valence-electron chi connectivity index (χ4n) is 2.81. The predicted octanol–water partition coefficient (Wildman–Crippen LogP) is 0.779. The van der Waals surface area contributed by atoms with Crippen molar-refractivity contribution in [3.8, 4) is 0 Å². The Hall–Kier alpha value is -2.09. The van der Waals surface area contributed by atoms with Crippen molar-refractivity contribution in [2.75, 3.05) is 31.5 Å². The van der Waals surface area contributed by atoms with Crippen LogP contribution in [0, 0.1) is 0 Å². The highest BCUT2D eigenvalue weighted by molar-refractivity contribution is 5.94. The molecular formula is C16H21F3N3O2+. The number of alkyl halides is 3. The molecule has 0 aliphatic carbocycles. The fraction of sp³-hybridized carbons (Fsp3) is 0.500. The molecule has 1 fully saturated rings. The zero-order valence-corrected chi connectivity index (χ0v) is 13.6. The highest BCUT2D eigenvalue weighted by Gasteiger charge is 2.35. The molecule has 132 valence electrons. The van der Waals surface area contributed by atoms with E-state index >= 15 is 0 Å². The number of nitrogens with one attached hydrogen (secondary N) is 2. The number of halogens is 3. The van der Waals surface area contributed by atoms with Gasteiger partial charge in [0, 0.05) is 6.92 Å². The lowest BCUT2D eigenvalue weighted by Crippen LogP contribution is -3.19. The minimum absolute atomic E-state index is 0.00902. The van der Waals surface area contributed by atoms with E-state index in [-0.39, 0.29) is 11.6 Å². The van der Waals surface area contributed by atoms with E-state index in [9.17, 15) is 22.8 Å². The summed E-state index contributed by atoms with van der Waals surface area (Å²) >= 11 is 0. The van der Waals surface area contributed by atoms with E-state index in [0.29, 0.717) is 26.2 Å². The monoisotopic (exact) mass is 344 g/mol. The minimum atomic E-state index is -4.52. The number of rotatable bonds is 3. The van der Waals surface area contributed by atoms with E-state index in [0.717, 1.165) is 11.0 Å². The van der Waals surface area contributed by atoms with E-state index in [1.54, 1.807) is 11.8 Å². The second-order valence-electron chi connectivity index (χ2n) is 5.92. The predicted molar refractivity (Wildman–Crippen MR) is 82.5 cm³/mol. The summed E-state index contributed by atoms with van der Waals surface area (Å²) in [6.45, 7) is 5.45. The molecule has 0 aromatic heterocycles. The Balaban J connectivity index is 2.02. The van der Waals surface area contributed by atoms with E-state index in [1.807, 2.05) is 0 Å². The molecule has 1 aromatic rings. The Morgan fingerprint density at radius 2 is 1.79 bits per heavy atom. The summed E-state index contributed by atoms with van der Waals surface area (Å²) in [5.74, 6) is -0.469. The van der Waals surface area contributed by atoms with Crippen LogP contribution in [0.15, 0.2) is 24.3 Å². The van der Waals surface area contributed by atoms with Gasteiger partial charge in [-0.2, -0.15) is 13.2 Å². The van der Waals surface area contributed by atoms with E-state index in [2.05, 4.69) is 5.32 Å². The molecule has 5 nitrogen and oxygen atoms in total. The highest BCUT2D eigenvalue weighted by Crippen LogP contribution is 2.34. The van der Waals surface area contributed by atoms with Crippen molar-refractivity contribution in [2.24, 2.45) is 0 Å². The topological polar surface area (TPSA) is 53.9 Å². The Kier molecular flexibility index (Phi) is 5.48. The van der Waals surface area contributed by atoms with Gasteiger partial charge in [-0.1, -0.05) is 12.1 Å². The molecule has 1 aliphatic rings. The molecule has 0 radical (unpaired) electrons. The van der Waals surface area contributed by atoms with Crippen LogP contribution in [0.1, 0.15) is 19.4 Å². The third kappa shape index (κ3) is 4.25. The number of anilines is 1. The van der Waals surface area contributed by atoms with Gasteiger partial charge in [0.15, 0.2) is 6.04 Å². The summed E-state index contributed by atoms with van der Waals surface area (Å²) in [4.78, 5) is 26.3. The average Bonchev–Trinajstić information content (AvgIpc) is 2.53. The average molecular weight is 344 g/mol. The van der Waals surface area contributed by atoms with Gasteiger partial charge in [0.05, 0.1) is 37.4 Å². The molecule has 1 heterocycles. The Morgan fingerprint density at radius 3 is 2.33 bits per heavy atom. The Bertz CT molecular complexity index is 611. The first-order chi connectivity index (χ1) is 11.2. The summed E-state index contributed by atoms with van der Waals surface area (Å²) in [5, 5.41) is 2.39. The van der Waals surface area contributed by atoms with Crippen LogP contribution in [0.4, 0.5) is 18.9 Å². The smallest absolute Gasteiger partial charge is 0.332 e. The molecule has 1 aliphatic heterocycles. The number of hydrogen-bond acceptors (Lipinski definition) is 2. The van der Waals surface area contributed by atoms with Gasteiger partial charge in [0.25, 0.3) is 5.91 Å². The number of para-hydroxylation sites is 1. The van der Waals surface area contributed by atoms with Gasteiger partial charge in [-0.15, -0.1) is 0 Å². The maximum absolute atomic E-state index is 13.0. The lowest BCUT2D eigenvalue weighted by atomic mass is 10.1. The van der Waals surface area contributed by atoms with E-state index < -0.39 is 23.7 Å². The van der Waals surface area contributed by atoms with Gasteiger partial charge < -0.3 is 15.1 Å². The van der Waals surface area contributed by atoms with Crippen LogP contribution in [0.3, 0.4) is 0 Å². The SMILES string of the molecule is CC(=O)N1CC[NH+]([C@H](C)C(=O)Nc2ccccc2C(F)(F)F)CC1. The van der Waals surface area contributed by atoms with Crippen molar-refractivity contribution in [2.45, 2.75) is 26.1 Å². The van der Waals surface area contributed by atoms with Crippen LogP contribution < -0.4 is 10.2 Å². The third-order valence-corrected chi connectivity index (χ3v) is 4.35. The molecule has 2 rings (SSSR count). The van der Waals surface area contributed by atoms with Crippen molar-refractivity contribution in [3.63, 3.8) is 0 Å². The lowest BCUT2D eigenvalue weighted by molar-refractivity contribution is -0.917. The van der Waals surface area contributed by atoms with Gasteiger partial charge in [-0.3, -0.25) is 9.59 Å². The first-order valence-corrected chi connectivity index (χ1v) is 7.77. The zero-order valence-electron chi connectivity index (χ0n) is 13.6. The van der Waals surface area contributed by atoms with E-state index in [4.69, 9.17) is 0 Å². The van der Waals surface area contributed by atoms with Crippen molar-refractivity contribution in [3.05, 3.63) is 29.8 Å². The standard InChI is InChI=1S/C16H20F3N3O2/c1-11(21-7-9-22(10-8-21)12(2)23)15(24)20-14-6-4-3-5-13(14)16(17,18)19/h3-6,11H,7-10H2,1-2H3,(H,20,24)/p+1/t11-/m1/s1. The number of nitrogens with zero attached hydrogens (tertiary/aromatic N) is 1. The number of amides is 2. The van der Waals surface area contributed by atoms with Gasteiger partial charge >= 0.3 is 6.18 Å². The number of quaternary nitrogens is 1. The molecule has 1 atom stereocenters. The second kappa shape index (κ2) is 7.21. The van der Waals surface area contributed by atoms with Crippen molar-refractivity contribution < 1.29 is 27.7 Å². The maximum atomic E-state index is 13.0. The molecular weight excluding hydrogens is 323 g/mol. The number of carbonyl (C=O) groups is 2. The largest absolute Gasteiger partial charge is 0.418 e. The highest BCUT2D eigenvalue weighted by atomic mass is 19.4. The first kappa shape index (κ1) is 18.3. The van der Waals surface area contributed by atoms with Crippen LogP contribution in [-0.4, -0.2) is 48.9 Å². The quantitative estimate of drug-likeness (QED) is 0.852. The van der Waals surface area contributed by atoms with Crippen molar-refractivity contribution >= 4 is 17.5 Å². The van der Waals surface area contributed by atoms with E-state index in [1.165, 1.54) is 25.1 Å². The number of hydrogen-bond donors (Lipinski definition) is 2. The summed E-state index contributed by atoms with van der Waals surface area (Å²) < 4.78 is 38.9. The fourth-order valence-corrected chi connectivity index (χ4v) is 2.81. The number of carbonyl (C=O) groups excluding carboxylic acids is 2. The third-order valence-electron chi connectivity index (χ3n) is 4.35. The summed E-state index contributed by atoms with van der Waals surface area (Å²) in [6, 6.07) is 4.43. The van der Waals surface area contributed by atoms with Crippen LogP contribution in [0.25, 0.3) is 0 Å². The molecule has 0 spiro atoms. The normalized spacial score (nSPS) is 17.5. The molecule has 8 heteroatoms. The van der Waals surface area contributed by atoms with Crippen molar-refractivity contribution in [1.82, 2.24) is 4.90 Å². The molecule has 0 bridgehead atoms. The maximum Gasteiger partial charge on any atom is 0.418 e. The Labute approximate surface area is 138 Å². The minimum Gasteiger partial charge on any atom is -0.332 e. The lowest BCUT2D eigenvalue weighted by Gasteiger charge is -2.34. The van der Waals surface area contributed by atoms with Crippen LogP contribution in [-0.2, 0) is 15.8 Å².